The van der Waals surface area contributed by atoms with E-state index in [1.165, 1.54) is 119 Å². The lowest BCUT2D eigenvalue weighted by molar-refractivity contribution is -0.0401. The SMILES string of the molecule is [2H]c1ccc2c(c1)C1(c3c(C)cc4c5ccc6cc(C(C)C)ccc6c5n(-c5nc(-c6ccc7ccccc7c6)c6c(n5)sc5ccccc56)c4c3-2)C2CC3CC(C2)CC1C3. The Hall–Kier alpha value is -5.84. The number of rotatable bonds is 3. The van der Waals surface area contributed by atoms with E-state index in [9.17, 15) is 0 Å². The Balaban J connectivity index is 1.17. The molecule has 0 amide bonds. The van der Waals surface area contributed by atoms with Gasteiger partial charge in [0.25, 0.3) is 0 Å². The second kappa shape index (κ2) is 11.9. The molecular weight excluding hydrogens is 747 g/mol. The van der Waals surface area contributed by atoms with Gasteiger partial charge < -0.3 is 0 Å². The van der Waals surface area contributed by atoms with Crippen LogP contribution in [0.3, 0.4) is 0 Å². The van der Waals surface area contributed by atoms with Crippen LogP contribution in [0.2, 0.25) is 0 Å². The summed E-state index contributed by atoms with van der Waals surface area (Å²) in [7, 11) is 0. The minimum absolute atomic E-state index is 0.0739. The lowest BCUT2D eigenvalue weighted by atomic mass is 9.43. The normalized spacial score (nSPS) is 23.0. The number of hydrogen-bond acceptors (Lipinski definition) is 3. The molecule has 3 aromatic heterocycles. The largest absolute Gasteiger partial charge is 0.277 e. The van der Waals surface area contributed by atoms with Gasteiger partial charge in [-0.3, -0.25) is 4.57 Å². The predicted molar refractivity (Wildman–Crippen MR) is 252 cm³/mol. The Labute approximate surface area is 355 Å². The van der Waals surface area contributed by atoms with Gasteiger partial charge in [-0.15, -0.1) is 11.3 Å². The van der Waals surface area contributed by atoms with Gasteiger partial charge in [-0.25, -0.2) is 9.97 Å². The second-order valence-corrected chi connectivity index (χ2v) is 20.2. The highest BCUT2D eigenvalue weighted by Gasteiger charge is 2.62. The molecule has 10 aromatic rings. The van der Waals surface area contributed by atoms with Gasteiger partial charge in [0.2, 0.25) is 5.95 Å². The van der Waals surface area contributed by atoms with Crippen LogP contribution < -0.4 is 0 Å². The van der Waals surface area contributed by atoms with E-state index in [1.54, 1.807) is 11.3 Å². The van der Waals surface area contributed by atoms with Crippen molar-refractivity contribution in [2.24, 2.45) is 23.7 Å². The molecule has 0 radical (unpaired) electrons. The highest BCUT2D eigenvalue weighted by atomic mass is 32.1. The van der Waals surface area contributed by atoms with Crippen molar-refractivity contribution < 1.29 is 1.37 Å². The number of benzene rings is 7. The van der Waals surface area contributed by atoms with Crippen LogP contribution in [0.5, 0.6) is 0 Å². The molecule has 290 valence electrons. The van der Waals surface area contributed by atoms with Gasteiger partial charge in [0.05, 0.1) is 18.1 Å². The molecule has 60 heavy (non-hydrogen) atoms. The molecule has 0 aliphatic heterocycles. The molecule has 1 spiro atoms. The Morgan fingerprint density at radius 1 is 0.683 bits per heavy atom. The fourth-order valence-corrected chi connectivity index (χ4v) is 14.7. The zero-order valence-corrected chi connectivity index (χ0v) is 35.0. The number of aromatic nitrogens is 3. The highest BCUT2D eigenvalue weighted by Crippen LogP contribution is 2.70. The van der Waals surface area contributed by atoms with Crippen molar-refractivity contribution in [3.63, 3.8) is 0 Å². The molecule has 4 bridgehead atoms. The van der Waals surface area contributed by atoms with Gasteiger partial charge in [-0.05, 0) is 131 Å². The fraction of sp³-hybridized carbons (Fsp3) is 0.250. The van der Waals surface area contributed by atoms with Crippen molar-refractivity contribution in [3.8, 4) is 28.3 Å². The van der Waals surface area contributed by atoms with Crippen LogP contribution in [0.25, 0.3) is 92.0 Å². The molecule has 4 saturated carbocycles. The average Bonchev–Trinajstić information content (AvgIpc) is 3.91. The Kier molecular flexibility index (Phi) is 6.54. The number of fused-ring (bicyclic) bond motifs is 13. The summed E-state index contributed by atoms with van der Waals surface area (Å²) < 4.78 is 12.8. The lowest BCUT2D eigenvalue weighted by Gasteiger charge is -2.61. The summed E-state index contributed by atoms with van der Waals surface area (Å²) in [5, 5.41) is 9.71. The topological polar surface area (TPSA) is 30.7 Å². The molecule has 7 aromatic carbocycles. The highest BCUT2D eigenvalue weighted by molar-refractivity contribution is 7.25. The van der Waals surface area contributed by atoms with Gasteiger partial charge in [0, 0.05) is 48.2 Å². The van der Waals surface area contributed by atoms with E-state index in [4.69, 9.17) is 11.3 Å². The molecule has 3 heterocycles. The summed E-state index contributed by atoms with van der Waals surface area (Å²) in [4.78, 5) is 12.5. The number of hydrogen-bond donors (Lipinski definition) is 0. The quantitative estimate of drug-likeness (QED) is 0.178. The van der Waals surface area contributed by atoms with E-state index < -0.39 is 0 Å². The third-order valence-electron chi connectivity index (χ3n) is 15.8. The molecule has 5 aliphatic carbocycles. The number of thiophene rings is 1. The first kappa shape index (κ1) is 32.9. The van der Waals surface area contributed by atoms with Crippen molar-refractivity contribution in [1.29, 1.82) is 0 Å². The van der Waals surface area contributed by atoms with Gasteiger partial charge in [0.1, 0.15) is 4.83 Å². The molecular formula is C56H45N3S. The van der Waals surface area contributed by atoms with E-state index in [0.29, 0.717) is 23.8 Å². The molecule has 4 fully saturated rings. The van der Waals surface area contributed by atoms with Crippen molar-refractivity contribution in [1.82, 2.24) is 14.5 Å². The summed E-state index contributed by atoms with van der Waals surface area (Å²) in [6.45, 7) is 6.96. The Morgan fingerprint density at radius 3 is 2.28 bits per heavy atom. The minimum Gasteiger partial charge on any atom is -0.277 e. The minimum atomic E-state index is -0.0739. The first-order valence-electron chi connectivity index (χ1n) is 22.7. The zero-order chi connectivity index (χ0) is 40.5. The monoisotopic (exact) mass is 792 g/mol. The molecule has 4 heteroatoms. The first-order valence-corrected chi connectivity index (χ1v) is 23.0. The molecule has 0 N–H and O–H groups in total. The van der Waals surface area contributed by atoms with E-state index in [0.717, 1.165) is 39.3 Å². The number of nitrogens with zero attached hydrogens (tertiary/aromatic N) is 3. The maximum Gasteiger partial charge on any atom is 0.236 e. The van der Waals surface area contributed by atoms with Crippen LogP contribution in [0.4, 0.5) is 0 Å². The third-order valence-corrected chi connectivity index (χ3v) is 16.8. The number of aryl methyl sites for hydroxylation is 1. The molecule has 0 unspecified atom stereocenters. The molecule has 0 saturated heterocycles. The van der Waals surface area contributed by atoms with E-state index >= 15 is 0 Å². The first-order chi connectivity index (χ1) is 29.8. The van der Waals surface area contributed by atoms with Gasteiger partial charge >= 0.3 is 0 Å². The average molecular weight is 793 g/mol. The van der Waals surface area contributed by atoms with Crippen molar-refractivity contribution in [3.05, 3.63) is 150 Å². The molecule has 3 nitrogen and oxygen atoms in total. The lowest BCUT2D eigenvalue weighted by Crippen LogP contribution is -2.55. The van der Waals surface area contributed by atoms with Crippen molar-refractivity contribution in [2.75, 3.05) is 0 Å². The molecule has 0 atom stereocenters. The maximum atomic E-state index is 9.10. The van der Waals surface area contributed by atoms with Crippen LogP contribution in [0.1, 0.15) is 75.5 Å². The van der Waals surface area contributed by atoms with Gasteiger partial charge in [-0.1, -0.05) is 123 Å². The van der Waals surface area contributed by atoms with Gasteiger partial charge in [0.15, 0.2) is 0 Å². The molecule has 15 rings (SSSR count). The standard InChI is InChI=1S/C56H45N3S/c1-30(2)35-18-20-41-37(28-35)19-21-42-45-22-31(3)50-48(43-12-6-8-14-46(43)56(50)39-24-32-23-33(26-39)27-40(56)25-32)53(45)59(52(41)42)55-57-51(38-17-16-34-10-4-5-11-36(34)29-38)49-44-13-7-9-15-47(44)60-54(49)58-55/h4-22,28-30,32-33,39-40H,23-27H2,1-3H3/i8D. The van der Waals surface area contributed by atoms with Crippen LogP contribution in [-0.2, 0) is 5.41 Å². The summed E-state index contributed by atoms with van der Waals surface area (Å²) in [5.41, 5.74) is 12.7. The second-order valence-electron chi connectivity index (χ2n) is 19.1. The van der Waals surface area contributed by atoms with Crippen LogP contribution in [0.15, 0.2) is 127 Å². The summed E-state index contributed by atoms with van der Waals surface area (Å²) in [5.74, 6) is 4.02. The van der Waals surface area contributed by atoms with Crippen molar-refractivity contribution in [2.45, 2.75) is 64.2 Å². The van der Waals surface area contributed by atoms with E-state index in [2.05, 4.69) is 141 Å². The summed E-state index contributed by atoms with van der Waals surface area (Å²) >= 11 is 1.77. The van der Waals surface area contributed by atoms with Crippen molar-refractivity contribution >= 4 is 75.0 Å². The van der Waals surface area contributed by atoms with Crippen LogP contribution >= 0.6 is 11.3 Å². The third kappa shape index (κ3) is 4.30. The van der Waals surface area contributed by atoms with E-state index in [1.807, 2.05) is 6.07 Å². The fourth-order valence-electron chi connectivity index (χ4n) is 13.7. The smallest absolute Gasteiger partial charge is 0.236 e. The Bertz CT molecular complexity index is 3540. The van der Waals surface area contributed by atoms with E-state index in [-0.39, 0.29) is 5.41 Å². The maximum absolute atomic E-state index is 9.10. The summed E-state index contributed by atoms with van der Waals surface area (Å²) in [6.07, 6.45) is 6.63. The Morgan fingerprint density at radius 2 is 1.45 bits per heavy atom. The zero-order valence-electron chi connectivity index (χ0n) is 35.2. The summed E-state index contributed by atoms with van der Waals surface area (Å²) in [6, 6.07) is 45.7. The molecule has 5 aliphatic rings. The predicted octanol–water partition coefficient (Wildman–Crippen LogP) is 15.1. The van der Waals surface area contributed by atoms with Gasteiger partial charge in [-0.2, -0.15) is 0 Å². The van der Waals surface area contributed by atoms with Crippen LogP contribution in [-0.4, -0.2) is 14.5 Å². The van der Waals surface area contributed by atoms with Crippen LogP contribution in [0, 0.1) is 30.6 Å².